The van der Waals surface area contributed by atoms with E-state index < -0.39 is 0 Å². The molecular weight excluding hydrogens is 348 g/mol. The lowest BCUT2D eigenvalue weighted by molar-refractivity contribution is -0.146. The normalized spacial score (nSPS) is 31.2. The van der Waals surface area contributed by atoms with Gasteiger partial charge in [-0.1, -0.05) is 13.3 Å². The van der Waals surface area contributed by atoms with Crippen molar-refractivity contribution < 1.29 is 9.59 Å². The number of rotatable bonds is 5. The molecule has 3 aliphatic heterocycles. The zero-order valence-corrected chi connectivity index (χ0v) is 15.8. The molecule has 0 spiro atoms. The van der Waals surface area contributed by atoms with Crippen molar-refractivity contribution in [3.63, 3.8) is 0 Å². The Labute approximate surface area is 158 Å². The number of likely N-dealkylation sites (tertiary alicyclic amines) is 2. The molecule has 148 valence electrons. The molecule has 1 aromatic rings. The number of amides is 2. The predicted octanol–water partition coefficient (Wildman–Crippen LogP) is -0.465. The molecule has 3 aliphatic rings. The molecule has 2 amide bonds. The summed E-state index contributed by atoms with van der Waals surface area (Å²) in [5.41, 5.74) is 6.15. The Balaban J connectivity index is 1.42. The van der Waals surface area contributed by atoms with Crippen LogP contribution < -0.4 is 10.9 Å². The van der Waals surface area contributed by atoms with Gasteiger partial charge in [0, 0.05) is 38.6 Å². The second-order valence-electron chi connectivity index (χ2n) is 7.75. The van der Waals surface area contributed by atoms with Gasteiger partial charge in [0.2, 0.25) is 11.8 Å². The van der Waals surface area contributed by atoms with E-state index in [9.17, 15) is 9.59 Å². The number of carbonyl (C=O) groups is 2. The van der Waals surface area contributed by atoms with Gasteiger partial charge in [-0.15, -0.1) is 5.10 Å². The molecule has 4 heterocycles. The van der Waals surface area contributed by atoms with E-state index in [1.807, 2.05) is 4.90 Å². The van der Waals surface area contributed by atoms with Gasteiger partial charge in [0.1, 0.15) is 12.5 Å². The quantitative estimate of drug-likeness (QED) is 0.715. The third kappa shape index (κ3) is 3.55. The molecule has 1 aromatic heterocycles. The summed E-state index contributed by atoms with van der Waals surface area (Å²) in [4.78, 5) is 29.6. The lowest BCUT2D eigenvalue weighted by atomic mass is 9.83. The fraction of sp³-hybridized carbons (Fsp3) is 0.824. The minimum absolute atomic E-state index is 0.128. The van der Waals surface area contributed by atoms with Crippen LogP contribution in [0.15, 0.2) is 6.33 Å². The first-order valence-electron chi connectivity index (χ1n) is 9.98. The van der Waals surface area contributed by atoms with Crippen molar-refractivity contribution >= 4 is 11.8 Å². The fourth-order valence-electron chi connectivity index (χ4n) is 4.66. The molecule has 2 unspecified atom stereocenters. The number of unbranched alkanes of at least 4 members (excludes halogenated alkanes) is 1. The topological polar surface area (TPSA) is 108 Å². The van der Waals surface area contributed by atoms with Crippen LogP contribution in [0.5, 0.6) is 0 Å². The fourth-order valence-corrected chi connectivity index (χ4v) is 4.66. The van der Waals surface area contributed by atoms with Gasteiger partial charge in [0.25, 0.3) is 0 Å². The minimum atomic E-state index is -0.279. The average molecular weight is 376 g/mol. The maximum Gasteiger partial charge on any atom is 0.230 e. The smallest absolute Gasteiger partial charge is 0.230 e. The number of hydrazine groups is 1. The minimum Gasteiger partial charge on any atom is -0.342 e. The number of hydrogen-bond acceptors (Lipinski definition) is 7. The van der Waals surface area contributed by atoms with Gasteiger partial charge in [-0.25, -0.2) is 10.1 Å². The third-order valence-electron chi connectivity index (χ3n) is 6.13. The van der Waals surface area contributed by atoms with Crippen molar-refractivity contribution in [3.8, 4) is 0 Å². The van der Waals surface area contributed by atoms with Crippen molar-refractivity contribution in [1.82, 2.24) is 40.9 Å². The maximum atomic E-state index is 13.2. The molecule has 0 radical (unpaired) electrons. The standard InChI is InChI=1S/C17H28N8O2/c1-2-3-7-24-14-6-8-23(10-12(14)4-5-15(24)26)17(27)13-9-18-20-16(13)25-11-19-21-22-25/h11-14,16,18,20H,2-10H2,1H3/t12-,13?,14+,16?/m0/s1. The molecule has 0 saturated carbocycles. The lowest BCUT2D eigenvalue weighted by Crippen LogP contribution is -2.58. The molecule has 10 heteroatoms. The highest BCUT2D eigenvalue weighted by Crippen LogP contribution is 2.33. The molecule has 0 aromatic carbocycles. The highest BCUT2D eigenvalue weighted by molar-refractivity contribution is 5.80. The Morgan fingerprint density at radius 1 is 1.37 bits per heavy atom. The summed E-state index contributed by atoms with van der Waals surface area (Å²) in [5.74, 6) is 0.549. The molecule has 2 N–H and O–H groups in total. The van der Waals surface area contributed by atoms with Gasteiger partial charge < -0.3 is 9.80 Å². The summed E-state index contributed by atoms with van der Waals surface area (Å²) in [6, 6.07) is 0.289. The summed E-state index contributed by atoms with van der Waals surface area (Å²) >= 11 is 0. The Morgan fingerprint density at radius 2 is 2.26 bits per heavy atom. The van der Waals surface area contributed by atoms with E-state index in [0.717, 1.165) is 38.8 Å². The molecule has 10 nitrogen and oxygen atoms in total. The number of nitrogens with one attached hydrogen (secondary N) is 2. The second kappa shape index (κ2) is 7.89. The predicted molar refractivity (Wildman–Crippen MR) is 95.8 cm³/mol. The number of aromatic nitrogens is 4. The van der Waals surface area contributed by atoms with Crippen LogP contribution in [0.4, 0.5) is 0 Å². The Morgan fingerprint density at radius 3 is 3.04 bits per heavy atom. The van der Waals surface area contributed by atoms with Crippen LogP contribution >= 0.6 is 0 Å². The lowest BCUT2D eigenvalue weighted by Gasteiger charge is -2.47. The van der Waals surface area contributed by atoms with E-state index in [4.69, 9.17) is 0 Å². The van der Waals surface area contributed by atoms with Crippen molar-refractivity contribution in [2.45, 2.75) is 51.2 Å². The van der Waals surface area contributed by atoms with Gasteiger partial charge in [-0.3, -0.25) is 15.0 Å². The molecular formula is C17H28N8O2. The molecule has 3 fully saturated rings. The maximum absolute atomic E-state index is 13.2. The van der Waals surface area contributed by atoms with Crippen molar-refractivity contribution in [3.05, 3.63) is 6.33 Å². The average Bonchev–Trinajstić information content (AvgIpc) is 3.37. The van der Waals surface area contributed by atoms with E-state index in [1.165, 1.54) is 6.33 Å². The number of hydrogen-bond donors (Lipinski definition) is 2. The van der Waals surface area contributed by atoms with E-state index in [2.05, 4.69) is 38.2 Å². The summed E-state index contributed by atoms with van der Waals surface area (Å²) in [7, 11) is 0. The second-order valence-corrected chi connectivity index (χ2v) is 7.75. The zero-order valence-electron chi connectivity index (χ0n) is 15.8. The van der Waals surface area contributed by atoms with Crippen LogP contribution in [-0.4, -0.2) is 74.0 Å². The van der Waals surface area contributed by atoms with Crippen LogP contribution in [0.1, 0.15) is 45.2 Å². The van der Waals surface area contributed by atoms with Crippen LogP contribution in [-0.2, 0) is 9.59 Å². The Kier molecular flexibility index (Phi) is 5.35. The highest BCUT2D eigenvalue weighted by Gasteiger charge is 2.43. The highest BCUT2D eigenvalue weighted by atomic mass is 16.2. The summed E-state index contributed by atoms with van der Waals surface area (Å²) in [6.45, 7) is 4.99. The molecule has 27 heavy (non-hydrogen) atoms. The molecule has 4 atom stereocenters. The van der Waals surface area contributed by atoms with E-state index >= 15 is 0 Å². The third-order valence-corrected chi connectivity index (χ3v) is 6.13. The first-order chi connectivity index (χ1) is 13.2. The SMILES string of the molecule is CCCCN1C(=O)CC[C@H]2CN(C(=O)C3CNNC3n3cnnn3)CC[C@H]21. The van der Waals surface area contributed by atoms with Crippen molar-refractivity contribution in [2.75, 3.05) is 26.2 Å². The first-order valence-corrected chi connectivity index (χ1v) is 9.98. The van der Waals surface area contributed by atoms with Crippen molar-refractivity contribution in [2.24, 2.45) is 11.8 Å². The van der Waals surface area contributed by atoms with Crippen LogP contribution in [0.25, 0.3) is 0 Å². The molecule has 4 rings (SSSR count). The first kappa shape index (κ1) is 18.3. The number of carbonyl (C=O) groups excluding carboxylic acids is 2. The molecule has 0 bridgehead atoms. The zero-order chi connectivity index (χ0) is 18.8. The van der Waals surface area contributed by atoms with Gasteiger partial charge in [-0.2, -0.15) is 0 Å². The number of nitrogens with zero attached hydrogens (tertiary/aromatic N) is 6. The van der Waals surface area contributed by atoms with Gasteiger partial charge in [0.15, 0.2) is 0 Å². The van der Waals surface area contributed by atoms with Gasteiger partial charge >= 0.3 is 0 Å². The van der Waals surface area contributed by atoms with E-state index in [0.29, 0.717) is 25.4 Å². The largest absolute Gasteiger partial charge is 0.342 e. The molecule has 0 aliphatic carbocycles. The summed E-state index contributed by atoms with van der Waals surface area (Å²) in [5, 5.41) is 11.3. The number of fused-ring (bicyclic) bond motifs is 1. The molecule has 3 saturated heterocycles. The summed E-state index contributed by atoms with van der Waals surface area (Å²) < 4.78 is 1.58. The van der Waals surface area contributed by atoms with E-state index in [-0.39, 0.29) is 29.9 Å². The van der Waals surface area contributed by atoms with Gasteiger partial charge in [0.05, 0.1) is 5.92 Å². The summed E-state index contributed by atoms with van der Waals surface area (Å²) in [6.07, 6.45) is 5.74. The Bertz CT molecular complexity index is 666. The van der Waals surface area contributed by atoms with Crippen molar-refractivity contribution in [1.29, 1.82) is 0 Å². The van der Waals surface area contributed by atoms with E-state index in [1.54, 1.807) is 4.68 Å². The number of tetrazole rings is 1. The van der Waals surface area contributed by atoms with Gasteiger partial charge in [-0.05, 0) is 35.6 Å². The van der Waals surface area contributed by atoms with Crippen LogP contribution in [0.2, 0.25) is 0 Å². The van der Waals surface area contributed by atoms with Crippen LogP contribution in [0, 0.1) is 11.8 Å². The Hall–Kier alpha value is -2.07. The van der Waals surface area contributed by atoms with Crippen LogP contribution in [0.3, 0.4) is 0 Å². The number of piperidine rings is 2. The monoisotopic (exact) mass is 376 g/mol.